The highest BCUT2D eigenvalue weighted by Gasteiger charge is 2.13. The molecular formula is C21H18OS. The lowest BCUT2D eigenvalue weighted by Crippen LogP contribution is -1.98. The van der Waals surface area contributed by atoms with Crippen molar-refractivity contribution >= 4 is 22.9 Å². The van der Waals surface area contributed by atoms with Gasteiger partial charge in [0.25, 0.3) is 0 Å². The third-order valence-corrected chi connectivity index (χ3v) is 5.06. The lowest BCUT2D eigenvalue weighted by atomic mass is 9.91. The number of benzene rings is 2. The number of thiophene rings is 1. The van der Waals surface area contributed by atoms with Crippen LogP contribution in [-0.2, 0) is 11.2 Å². The van der Waals surface area contributed by atoms with E-state index in [9.17, 15) is 4.79 Å². The van der Waals surface area contributed by atoms with E-state index in [0.717, 1.165) is 11.1 Å². The molecule has 0 aliphatic carbocycles. The van der Waals surface area contributed by atoms with Gasteiger partial charge in [0, 0.05) is 16.9 Å². The Morgan fingerprint density at radius 1 is 0.957 bits per heavy atom. The van der Waals surface area contributed by atoms with Crippen molar-refractivity contribution in [2.75, 3.05) is 0 Å². The Bertz CT molecular complexity index is 848. The van der Waals surface area contributed by atoms with Gasteiger partial charge in [0.05, 0.1) is 0 Å². The van der Waals surface area contributed by atoms with Crippen LogP contribution in [0.2, 0.25) is 0 Å². The van der Waals surface area contributed by atoms with Crippen molar-refractivity contribution in [3.8, 4) is 10.4 Å². The van der Waals surface area contributed by atoms with Gasteiger partial charge < -0.3 is 0 Å². The van der Waals surface area contributed by atoms with Crippen molar-refractivity contribution in [2.45, 2.75) is 20.3 Å². The van der Waals surface area contributed by atoms with E-state index < -0.39 is 0 Å². The number of hydrogen-bond donors (Lipinski definition) is 0. The van der Waals surface area contributed by atoms with Crippen molar-refractivity contribution in [1.82, 2.24) is 0 Å². The molecule has 23 heavy (non-hydrogen) atoms. The average molecular weight is 318 g/mol. The summed E-state index contributed by atoms with van der Waals surface area (Å²) in [5.74, 6) is 2.19. The predicted molar refractivity (Wildman–Crippen MR) is 98.5 cm³/mol. The van der Waals surface area contributed by atoms with E-state index >= 15 is 0 Å². The van der Waals surface area contributed by atoms with E-state index in [1.165, 1.54) is 21.6 Å². The van der Waals surface area contributed by atoms with Crippen LogP contribution in [0.1, 0.15) is 22.3 Å². The van der Waals surface area contributed by atoms with Crippen molar-refractivity contribution < 1.29 is 4.79 Å². The smallest absolute Gasteiger partial charge is 0.128 e. The van der Waals surface area contributed by atoms with E-state index in [4.69, 9.17) is 0 Å². The normalized spacial score (nSPS) is 10.3. The molecule has 0 radical (unpaired) electrons. The second-order valence-corrected chi connectivity index (χ2v) is 6.60. The third kappa shape index (κ3) is 3.19. The lowest BCUT2D eigenvalue weighted by Gasteiger charge is -2.13. The van der Waals surface area contributed by atoms with Gasteiger partial charge in [0.1, 0.15) is 5.94 Å². The van der Waals surface area contributed by atoms with Crippen LogP contribution in [-0.4, -0.2) is 5.94 Å². The maximum Gasteiger partial charge on any atom is 0.128 e. The summed E-state index contributed by atoms with van der Waals surface area (Å²) in [6.07, 6.45) is 0.615. The van der Waals surface area contributed by atoms with Crippen molar-refractivity contribution in [3.63, 3.8) is 0 Å². The molecule has 0 fully saturated rings. The molecule has 0 aliphatic heterocycles. The zero-order valence-corrected chi connectivity index (χ0v) is 14.1. The fraction of sp³-hybridized carbons (Fsp3) is 0.143. The third-order valence-electron chi connectivity index (χ3n) is 4.16. The molecule has 1 nitrogen and oxygen atoms in total. The molecule has 0 spiro atoms. The molecule has 3 aromatic rings. The molecular weight excluding hydrogens is 300 g/mol. The Morgan fingerprint density at radius 2 is 1.70 bits per heavy atom. The maximum atomic E-state index is 11.7. The van der Waals surface area contributed by atoms with E-state index in [-0.39, 0.29) is 0 Å². The summed E-state index contributed by atoms with van der Waals surface area (Å²) in [5, 5.41) is 2.06. The van der Waals surface area contributed by atoms with Gasteiger partial charge in [0.15, 0.2) is 0 Å². The van der Waals surface area contributed by atoms with Crippen LogP contribution in [0.5, 0.6) is 0 Å². The number of allylic oxidation sites excluding steroid dienone is 1. The zero-order chi connectivity index (χ0) is 16.2. The fourth-order valence-electron chi connectivity index (χ4n) is 2.88. The molecule has 0 saturated heterocycles. The van der Waals surface area contributed by atoms with Crippen LogP contribution < -0.4 is 0 Å². The average Bonchev–Trinajstić information content (AvgIpc) is 3.09. The van der Waals surface area contributed by atoms with Crippen LogP contribution >= 0.6 is 11.3 Å². The fourth-order valence-corrected chi connectivity index (χ4v) is 3.65. The quantitative estimate of drug-likeness (QED) is 0.581. The first-order valence-corrected chi connectivity index (χ1v) is 8.51. The Hall–Kier alpha value is -2.41. The van der Waals surface area contributed by atoms with E-state index in [2.05, 4.69) is 55.5 Å². The second-order valence-electron chi connectivity index (χ2n) is 5.65. The number of hydrogen-bond acceptors (Lipinski definition) is 2. The Morgan fingerprint density at radius 3 is 2.35 bits per heavy atom. The second kappa shape index (κ2) is 6.78. The summed E-state index contributed by atoms with van der Waals surface area (Å²) in [5.41, 5.74) is 6.44. The van der Waals surface area contributed by atoms with Crippen LogP contribution in [0, 0.1) is 13.8 Å². The van der Waals surface area contributed by atoms with E-state index in [1.54, 1.807) is 11.3 Å². The summed E-state index contributed by atoms with van der Waals surface area (Å²) >= 11 is 1.69. The molecule has 0 bridgehead atoms. The minimum absolute atomic E-state index is 0.615. The monoisotopic (exact) mass is 318 g/mol. The topological polar surface area (TPSA) is 17.1 Å². The summed E-state index contributed by atoms with van der Waals surface area (Å²) in [7, 11) is 0. The van der Waals surface area contributed by atoms with E-state index in [1.807, 2.05) is 24.3 Å². The van der Waals surface area contributed by atoms with Gasteiger partial charge in [-0.2, -0.15) is 0 Å². The molecule has 1 heterocycles. The van der Waals surface area contributed by atoms with Crippen LogP contribution in [0.25, 0.3) is 16.0 Å². The standard InChI is InChI=1S/C21H18OS/c1-15-7-5-8-16(2)20(15)13-17(14-22)18-9-3-4-10-19(18)21-11-6-12-23-21/h3-12H,13H2,1-2H3. The molecule has 114 valence electrons. The highest BCUT2D eigenvalue weighted by Crippen LogP contribution is 2.33. The van der Waals surface area contributed by atoms with Gasteiger partial charge in [-0.05, 0) is 53.1 Å². The Balaban J connectivity index is 2.06. The highest BCUT2D eigenvalue weighted by atomic mass is 32.1. The first-order valence-electron chi connectivity index (χ1n) is 7.63. The lowest BCUT2D eigenvalue weighted by molar-refractivity contribution is 0.569. The number of carbonyl (C=O) groups excluding carboxylic acids is 1. The van der Waals surface area contributed by atoms with Crippen LogP contribution in [0.4, 0.5) is 0 Å². The SMILES string of the molecule is Cc1cccc(C)c1CC(=C=O)c1ccccc1-c1cccs1. The highest BCUT2D eigenvalue weighted by molar-refractivity contribution is 7.13. The minimum atomic E-state index is 0.615. The van der Waals surface area contributed by atoms with Crippen LogP contribution in [0.3, 0.4) is 0 Å². The van der Waals surface area contributed by atoms with Crippen molar-refractivity contribution in [3.05, 3.63) is 82.2 Å². The van der Waals surface area contributed by atoms with E-state index in [0.29, 0.717) is 12.0 Å². The summed E-state index contributed by atoms with van der Waals surface area (Å²) in [4.78, 5) is 12.9. The molecule has 1 aromatic heterocycles. The molecule has 2 heteroatoms. The van der Waals surface area contributed by atoms with Gasteiger partial charge in [-0.25, -0.2) is 4.79 Å². The van der Waals surface area contributed by atoms with Gasteiger partial charge in [-0.3, -0.25) is 0 Å². The summed E-state index contributed by atoms with van der Waals surface area (Å²) in [6.45, 7) is 4.19. The maximum absolute atomic E-state index is 11.7. The first-order chi connectivity index (χ1) is 11.2. The molecule has 0 N–H and O–H groups in total. The molecule has 0 saturated carbocycles. The number of rotatable bonds is 4. The number of aryl methyl sites for hydroxylation is 2. The van der Waals surface area contributed by atoms with Gasteiger partial charge in [-0.15, -0.1) is 11.3 Å². The molecule has 0 aliphatic rings. The van der Waals surface area contributed by atoms with Crippen LogP contribution in [0.15, 0.2) is 60.0 Å². The summed E-state index contributed by atoms with van der Waals surface area (Å²) in [6, 6.07) is 18.4. The van der Waals surface area contributed by atoms with Gasteiger partial charge in [0.2, 0.25) is 0 Å². The zero-order valence-electron chi connectivity index (χ0n) is 13.3. The summed E-state index contributed by atoms with van der Waals surface area (Å²) < 4.78 is 0. The molecule has 3 rings (SSSR count). The first kappa shape index (κ1) is 15.5. The molecule has 0 unspecified atom stereocenters. The molecule has 2 aromatic carbocycles. The van der Waals surface area contributed by atoms with Crippen molar-refractivity contribution in [2.24, 2.45) is 0 Å². The Kier molecular flexibility index (Phi) is 4.57. The minimum Gasteiger partial charge on any atom is -0.233 e. The van der Waals surface area contributed by atoms with Gasteiger partial charge in [-0.1, -0.05) is 48.5 Å². The largest absolute Gasteiger partial charge is 0.233 e. The molecule has 0 atom stereocenters. The molecule has 0 amide bonds. The predicted octanol–water partition coefficient (Wildman–Crippen LogP) is 5.49. The van der Waals surface area contributed by atoms with Gasteiger partial charge >= 0.3 is 0 Å². The van der Waals surface area contributed by atoms with Crippen molar-refractivity contribution in [1.29, 1.82) is 0 Å². The Labute approximate surface area is 140 Å².